The van der Waals surface area contributed by atoms with E-state index in [4.69, 9.17) is 24.2 Å². The smallest absolute Gasteiger partial charge is 0.341 e. The fraction of sp³-hybridized carbons (Fsp3) is 0.333. The number of benzene rings is 2. The van der Waals surface area contributed by atoms with Gasteiger partial charge in [0.05, 0.1) is 31.5 Å². The summed E-state index contributed by atoms with van der Waals surface area (Å²) in [5.74, 6) is 0.327. The summed E-state index contributed by atoms with van der Waals surface area (Å²) in [6, 6.07) is 14.1. The second kappa shape index (κ2) is 9.17. The molecule has 2 aromatic carbocycles. The maximum absolute atomic E-state index is 11.9. The normalized spacial score (nSPS) is 14.4. The molecule has 1 saturated heterocycles. The molecule has 140 valence electrons. The van der Waals surface area contributed by atoms with Crippen LogP contribution in [0.5, 0.6) is 11.5 Å². The summed E-state index contributed by atoms with van der Waals surface area (Å²) in [4.78, 5) is 11.9. The molecule has 1 fully saturated rings. The highest BCUT2D eigenvalue weighted by molar-refractivity contribution is 5.92. The summed E-state index contributed by atoms with van der Waals surface area (Å²) >= 11 is 0. The number of methoxy groups -OCH3 is 1. The molecule has 0 unspecified atom stereocenters. The molecule has 1 heterocycles. The minimum absolute atomic E-state index is 0.242. The van der Waals surface area contributed by atoms with E-state index >= 15 is 0 Å². The lowest BCUT2D eigenvalue weighted by Gasteiger charge is -2.22. The van der Waals surface area contributed by atoms with Crippen LogP contribution < -0.4 is 4.74 Å². The lowest BCUT2D eigenvalue weighted by atomic mass is 10.1. The molecule has 0 atom stereocenters. The van der Waals surface area contributed by atoms with Gasteiger partial charge in [-0.1, -0.05) is 12.1 Å². The van der Waals surface area contributed by atoms with Gasteiger partial charge in [-0.3, -0.25) is 0 Å². The SMILES string of the molecule is COC(=O)c1ccc(C#N)cc1Oc1ccc(COC2CCOCC2)cc1. The second-order valence-electron chi connectivity index (χ2n) is 6.18. The summed E-state index contributed by atoms with van der Waals surface area (Å²) in [5.41, 5.74) is 1.70. The highest BCUT2D eigenvalue weighted by Gasteiger charge is 2.16. The van der Waals surface area contributed by atoms with Gasteiger partial charge < -0.3 is 18.9 Å². The fourth-order valence-electron chi connectivity index (χ4n) is 2.79. The van der Waals surface area contributed by atoms with E-state index in [1.165, 1.54) is 19.2 Å². The quantitative estimate of drug-likeness (QED) is 0.722. The molecule has 6 heteroatoms. The van der Waals surface area contributed by atoms with Gasteiger partial charge in [0.2, 0.25) is 0 Å². The molecular formula is C21H21NO5. The molecule has 0 aromatic heterocycles. The number of carbonyl (C=O) groups excluding carboxylic acids is 1. The molecule has 3 rings (SSSR count). The molecule has 0 saturated carbocycles. The number of carbonyl (C=O) groups is 1. The molecule has 0 radical (unpaired) electrons. The third kappa shape index (κ3) is 5.07. The van der Waals surface area contributed by atoms with Crippen molar-refractivity contribution < 1.29 is 23.7 Å². The van der Waals surface area contributed by atoms with Gasteiger partial charge >= 0.3 is 5.97 Å². The Bertz CT molecular complexity index is 819. The minimum Gasteiger partial charge on any atom is -0.465 e. The summed E-state index contributed by atoms with van der Waals surface area (Å²) in [7, 11) is 1.30. The number of ether oxygens (including phenoxy) is 4. The van der Waals surface area contributed by atoms with E-state index in [0.29, 0.717) is 17.9 Å². The standard InChI is InChI=1S/C21H21NO5/c1-24-21(23)19-7-4-16(13-22)12-20(19)27-18-5-2-15(3-6-18)14-26-17-8-10-25-11-9-17/h2-7,12,17H,8-11,14H2,1H3. The van der Waals surface area contributed by atoms with Gasteiger partial charge in [0.25, 0.3) is 0 Å². The van der Waals surface area contributed by atoms with Crippen LogP contribution in [0.4, 0.5) is 0 Å². The summed E-state index contributed by atoms with van der Waals surface area (Å²) < 4.78 is 21.8. The van der Waals surface area contributed by atoms with E-state index in [1.54, 1.807) is 6.07 Å². The summed E-state index contributed by atoms with van der Waals surface area (Å²) in [5, 5.41) is 9.07. The predicted octanol–water partition coefficient (Wildman–Crippen LogP) is 3.83. The molecular weight excluding hydrogens is 346 g/mol. The monoisotopic (exact) mass is 367 g/mol. The average molecular weight is 367 g/mol. The minimum atomic E-state index is -0.518. The Balaban J connectivity index is 1.67. The first-order valence-corrected chi connectivity index (χ1v) is 8.78. The van der Waals surface area contributed by atoms with Crippen LogP contribution in [0.25, 0.3) is 0 Å². The zero-order chi connectivity index (χ0) is 19.1. The molecule has 6 nitrogen and oxygen atoms in total. The Labute approximate surface area is 158 Å². The van der Waals surface area contributed by atoms with Crippen LogP contribution in [-0.2, 0) is 20.8 Å². The molecule has 1 aliphatic heterocycles. The molecule has 0 bridgehead atoms. The van der Waals surface area contributed by atoms with Gasteiger partial charge in [-0.15, -0.1) is 0 Å². The molecule has 0 amide bonds. The van der Waals surface area contributed by atoms with Crippen LogP contribution in [0.1, 0.15) is 34.3 Å². The van der Waals surface area contributed by atoms with E-state index in [9.17, 15) is 4.79 Å². The van der Waals surface area contributed by atoms with Crippen molar-refractivity contribution in [3.05, 3.63) is 59.2 Å². The van der Waals surface area contributed by atoms with Crippen molar-refractivity contribution in [2.24, 2.45) is 0 Å². The van der Waals surface area contributed by atoms with E-state index in [-0.39, 0.29) is 17.4 Å². The first kappa shape index (κ1) is 18.9. The van der Waals surface area contributed by atoms with Crippen molar-refractivity contribution in [2.75, 3.05) is 20.3 Å². The number of nitriles is 1. The number of nitrogens with zero attached hydrogens (tertiary/aromatic N) is 1. The van der Waals surface area contributed by atoms with Gasteiger partial charge in [-0.25, -0.2) is 4.79 Å². The van der Waals surface area contributed by atoms with E-state index in [1.807, 2.05) is 30.3 Å². The molecule has 0 aliphatic carbocycles. The maximum atomic E-state index is 11.9. The topological polar surface area (TPSA) is 77.8 Å². The summed E-state index contributed by atoms with van der Waals surface area (Å²) in [6.45, 7) is 2.03. The van der Waals surface area contributed by atoms with Crippen molar-refractivity contribution >= 4 is 5.97 Å². The fourth-order valence-corrected chi connectivity index (χ4v) is 2.79. The number of esters is 1. The second-order valence-corrected chi connectivity index (χ2v) is 6.18. The molecule has 0 N–H and O–H groups in total. The van der Waals surface area contributed by atoms with Crippen molar-refractivity contribution in [3.8, 4) is 17.6 Å². The van der Waals surface area contributed by atoms with Crippen molar-refractivity contribution in [2.45, 2.75) is 25.6 Å². The van der Waals surface area contributed by atoms with Gasteiger partial charge in [0.15, 0.2) is 0 Å². The third-order valence-corrected chi connectivity index (χ3v) is 4.32. The van der Waals surface area contributed by atoms with Gasteiger partial charge in [-0.2, -0.15) is 5.26 Å². The van der Waals surface area contributed by atoms with Crippen molar-refractivity contribution in [1.29, 1.82) is 5.26 Å². The van der Waals surface area contributed by atoms with Crippen LogP contribution in [0.2, 0.25) is 0 Å². The Morgan fingerprint density at radius 2 is 1.93 bits per heavy atom. The molecule has 27 heavy (non-hydrogen) atoms. The predicted molar refractivity (Wildman–Crippen MR) is 97.6 cm³/mol. The zero-order valence-corrected chi connectivity index (χ0v) is 15.1. The third-order valence-electron chi connectivity index (χ3n) is 4.32. The lowest BCUT2D eigenvalue weighted by molar-refractivity contribution is -0.0390. The Kier molecular flexibility index (Phi) is 6.42. The van der Waals surface area contributed by atoms with E-state index in [0.717, 1.165) is 31.6 Å². The van der Waals surface area contributed by atoms with Crippen molar-refractivity contribution in [3.63, 3.8) is 0 Å². The Morgan fingerprint density at radius 1 is 1.19 bits per heavy atom. The average Bonchev–Trinajstić information content (AvgIpc) is 2.73. The maximum Gasteiger partial charge on any atom is 0.341 e. The van der Waals surface area contributed by atoms with Crippen LogP contribution in [0.15, 0.2) is 42.5 Å². The number of rotatable bonds is 6. The van der Waals surface area contributed by atoms with E-state index in [2.05, 4.69) is 0 Å². The molecule has 2 aromatic rings. The zero-order valence-electron chi connectivity index (χ0n) is 15.1. The number of hydrogen-bond donors (Lipinski definition) is 0. The van der Waals surface area contributed by atoms with Crippen LogP contribution in [0.3, 0.4) is 0 Å². The van der Waals surface area contributed by atoms with Crippen LogP contribution >= 0.6 is 0 Å². The van der Waals surface area contributed by atoms with Gasteiger partial charge in [0, 0.05) is 13.2 Å². The lowest BCUT2D eigenvalue weighted by Crippen LogP contribution is -2.23. The highest BCUT2D eigenvalue weighted by Crippen LogP contribution is 2.27. The van der Waals surface area contributed by atoms with Crippen LogP contribution in [0, 0.1) is 11.3 Å². The number of hydrogen-bond acceptors (Lipinski definition) is 6. The van der Waals surface area contributed by atoms with Crippen molar-refractivity contribution in [1.82, 2.24) is 0 Å². The Hall–Kier alpha value is -2.88. The largest absolute Gasteiger partial charge is 0.465 e. The first-order chi connectivity index (χ1) is 13.2. The Morgan fingerprint density at radius 3 is 2.59 bits per heavy atom. The summed E-state index contributed by atoms with van der Waals surface area (Å²) in [6.07, 6.45) is 2.09. The first-order valence-electron chi connectivity index (χ1n) is 8.78. The molecule has 1 aliphatic rings. The van der Waals surface area contributed by atoms with Gasteiger partial charge in [0.1, 0.15) is 17.1 Å². The highest BCUT2D eigenvalue weighted by atomic mass is 16.5. The van der Waals surface area contributed by atoms with Gasteiger partial charge in [-0.05, 0) is 48.7 Å². The van der Waals surface area contributed by atoms with Crippen LogP contribution in [-0.4, -0.2) is 32.4 Å². The van der Waals surface area contributed by atoms with E-state index < -0.39 is 5.97 Å². The molecule has 0 spiro atoms.